The fourth-order valence-corrected chi connectivity index (χ4v) is 2.36. The van der Waals surface area contributed by atoms with Gasteiger partial charge in [0.05, 0.1) is 6.67 Å². The maximum atomic E-state index is 12.0. The highest BCUT2D eigenvalue weighted by molar-refractivity contribution is 5.26. The van der Waals surface area contributed by atoms with Gasteiger partial charge in [0.15, 0.2) is 0 Å². The number of aryl methyl sites for hydroxylation is 1. The molecule has 0 spiro atoms. The van der Waals surface area contributed by atoms with Crippen molar-refractivity contribution in [3.8, 4) is 0 Å². The molecule has 1 aliphatic rings. The van der Waals surface area contributed by atoms with E-state index in [4.69, 9.17) is 0 Å². The monoisotopic (exact) mass is 221 g/mol. The van der Waals surface area contributed by atoms with E-state index in [1.165, 1.54) is 24.0 Å². The third-order valence-corrected chi connectivity index (χ3v) is 3.35. The quantitative estimate of drug-likeness (QED) is 0.824. The van der Waals surface area contributed by atoms with Crippen LogP contribution >= 0.6 is 0 Å². The predicted molar refractivity (Wildman–Crippen MR) is 65.6 cm³/mol. The predicted octanol–water partition coefficient (Wildman–Crippen LogP) is 3.06. The minimum atomic E-state index is -0.214. The molecular formula is C14H20FN. The molecule has 2 heteroatoms. The zero-order valence-electron chi connectivity index (χ0n) is 9.71. The molecule has 1 nitrogen and oxygen atoms in total. The van der Waals surface area contributed by atoms with Crippen LogP contribution in [0.1, 0.15) is 36.3 Å². The van der Waals surface area contributed by atoms with E-state index in [9.17, 15) is 4.39 Å². The fraction of sp³-hybridized carbons (Fsp3) is 0.571. The van der Waals surface area contributed by atoms with Gasteiger partial charge in [-0.3, -0.25) is 4.39 Å². The lowest BCUT2D eigenvalue weighted by Gasteiger charge is -2.23. The molecule has 0 amide bonds. The summed E-state index contributed by atoms with van der Waals surface area (Å²) in [6.45, 7) is 2.04. The zero-order chi connectivity index (χ0) is 11.2. The van der Waals surface area contributed by atoms with Crippen molar-refractivity contribution < 1.29 is 4.39 Å². The highest BCUT2D eigenvalue weighted by Gasteiger charge is 2.14. The van der Waals surface area contributed by atoms with E-state index in [1.54, 1.807) is 0 Å². The van der Waals surface area contributed by atoms with Crippen molar-refractivity contribution >= 4 is 0 Å². The van der Waals surface area contributed by atoms with Crippen molar-refractivity contribution in [2.75, 3.05) is 19.8 Å². The van der Waals surface area contributed by atoms with Crippen LogP contribution < -0.4 is 5.32 Å². The van der Waals surface area contributed by atoms with Crippen molar-refractivity contribution in [2.24, 2.45) is 0 Å². The molecule has 1 aliphatic heterocycles. The SMILES string of the molecule is FCCCc1ccc(C2CCCNC2)cc1. The topological polar surface area (TPSA) is 12.0 Å². The number of alkyl halides is 1. The second-order valence-electron chi connectivity index (χ2n) is 4.58. The van der Waals surface area contributed by atoms with Crippen LogP contribution in [0.15, 0.2) is 24.3 Å². The molecule has 2 rings (SSSR count). The second-order valence-corrected chi connectivity index (χ2v) is 4.58. The molecule has 0 bridgehead atoms. The average molecular weight is 221 g/mol. The fourth-order valence-electron chi connectivity index (χ4n) is 2.36. The maximum Gasteiger partial charge on any atom is 0.0897 e. The Bertz CT molecular complexity index is 301. The van der Waals surface area contributed by atoms with Crippen LogP contribution in [0.5, 0.6) is 0 Å². The first kappa shape index (κ1) is 11.6. The summed E-state index contributed by atoms with van der Waals surface area (Å²) in [6, 6.07) is 8.73. The molecular weight excluding hydrogens is 201 g/mol. The normalized spacial score (nSPS) is 20.9. The van der Waals surface area contributed by atoms with E-state index in [1.807, 2.05) is 0 Å². The van der Waals surface area contributed by atoms with Crippen LogP contribution in [0.25, 0.3) is 0 Å². The Morgan fingerprint density at radius 2 is 2.06 bits per heavy atom. The van der Waals surface area contributed by atoms with Crippen LogP contribution in [0, 0.1) is 0 Å². The molecule has 1 heterocycles. The lowest BCUT2D eigenvalue weighted by atomic mass is 9.91. The van der Waals surface area contributed by atoms with Gasteiger partial charge >= 0.3 is 0 Å². The minimum absolute atomic E-state index is 0.214. The van der Waals surface area contributed by atoms with Crippen LogP contribution in [-0.4, -0.2) is 19.8 Å². The number of rotatable bonds is 4. The van der Waals surface area contributed by atoms with E-state index < -0.39 is 0 Å². The summed E-state index contributed by atoms with van der Waals surface area (Å²) in [5, 5.41) is 3.43. The van der Waals surface area contributed by atoms with E-state index >= 15 is 0 Å². The molecule has 1 fully saturated rings. The molecule has 0 saturated carbocycles. The van der Waals surface area contributed by atoms with Crippen molar-refractivity contribution in [3.63, 3.8) is 0 Å². The molecule has 1 unspecified atom stereocenters. The number of halogens is 1. The number of piperidine rings is 1. The summed E-state index contributed by atoms with van der Waals surface area (Å²) in [5.41, 5.74) is 2.68. The van der Waals surface area contributed by atoms with E-state index in [2.05, 4.69) is 29.6 Å². The number of nitrogens with one attached hydrogen (secondary N) is 1. The van der Waals surface area contributed by atoms with Gasteiger partial charge in [-0.2, -0.15) is 0 Å². The van der Waals surface area contributed by atoms with Gasteiger partial charge in [0.25, 0.3) is 0 Å². The molecule has 1 atom stereocenters. The largest absolute Gasteiger partial charge is 0.316 e. The molecule has 1 aromatic carbocycles. The standard InChI is InChI=1S/C14H20FN/c15-9-1-3-12-5-7-13(8-6-12)14-4-2-10-16-11-14/h5-8,14,16H,1-4,9-11H2. The molecule has 0 radical (unpaired) electrons. The van der Waals surface area contributed by atoms with Crippen LogP contribution in [-0.2, 0) is 6.42 Å². The summed E-state index contributed by atoms with van der Waals surface area (Å²) in [5.74, 6) is 0.670. The third-order valence-electron chi connectivity index (χ3n) is 3.35. The highest BCUT2D eigenvalue weighted by atomic mass is 19.1. The first-order valence-corrected chi connectivity index (χ1v) is 6.25. The summed E-state index contributed by atoms with van der Waals surface area (Å²) < 4.78 is 12.0. The van der Waals surface area contributed by atoms with Crippen molar-refractivity contribution in [2.45, 2.75) is 31.6 Å². The summed E-state index contributed by atoms with van der Waals surface area (Å²) in [7, 11) is 0. The van der Waals surface area contributed by atoms with Crippen LogP contribution in [0.3, 0.4) is 0 Å². The van der Waals surface area contributed by atoms with Gasteiger partial charge in [-0.05, 0) is 49.3 Å². The van der Waals surface area contributed by atoms with Gasteiger partial charge < -0.3 is 5.32 Å². The zero-order valence-corrected chi connectivity index (χ0v) is 9.71. The third kappa shape index (κ3) is 3.05. The smallest absolute Gasteiger partial charge is 0.0897 e. The average Bonchev–Trinajstić information content (AvgIpc) is 2.38. The summed E-state index contributed by atoms with van der Waals surface area (Å²) in [4.78, 5) is 0. The Labute approximate surface area is 97.1 Å². The van der Waals surface area contributed by atoms with E-state index in [-0.39, 0.29) is 6.67 Å². The number of hydrogen-bond donors (Lipinski definition) is 1. The minimum Gasteiger partial charge on any atom is -0.316 e. The van der Waals surface area contributed by atoms with Gasteiger partial charge in [-0.25, -0.2) is 0 Å². The maximum absolute atomic E-state index is 12.0. The van der Waals surface area contributed by atoms with Crippen molar-refractivity contribution in [1.29, 1.82) is 0 Å². The molecule has 1 saturated heterocycles. The highest BCUT2D eigenvalue weighted by Crippen LogP contribution is 2.23. The Kier molecular flexibility index (Phi) is 4.34. The second kappa shape index (κ2) is 6.00. The molecule has 1 N–H and O–H groups in total. The molecule has 0 aliphatic carbocycles. The van der Waals surface area contributed by atoms with E-state index in [0.29, 0.717) is 12.3 Å². The molecule has 16 heavy (non-hydrogen) atoms. The van der Waals surface area contributed by atoms with Gasteiger partial charge in [0.1, 0.15) is 0 Å². The Morgan fingerprint density at radius 3 is 2.69 bits per heavy atom. The summed E-state index contributed by atoms with van der Waals surface area (Å²) >= 11 is 0. The Hall–Kier alpha value is -0.890. The molecule has 88 valence electrons. The van der Waals surface area contributed by atoms with Crippen LogP contribution in [0.4, 0.5) is 4.39 Å². The molecule has 1 aromatic rings. The molecule has 0 aromatic heterocycles. The Morgan fingerprint density at radius 1 is 1.25 bits per heavy atom. The van der Waals surface area contributed by atoms with Gasteiger partial charge in [0.2, 0.25) is 0 Å². The van der Waals surface area contributed by atoms with Crippen LogP contribution in [0.2, 0.25) is 0 Å². The van der Waals surface area contributed by atoms with Gasteiger partial charge in [-0.1, -0.05) is 24.3 Å². The van der Waals surface area contributed by atoms with E-state index in [0.717, 1.165) is 19.5 Å². The van der Waals surface area contributed by atoms with Crippen molar-refractivity contribution in [3.05, 3.63) is 35.4 Å². The first-order valence-electron chi connectivity index (χ1n) is 6.25. The number of benzene rings is 1. The Balaban J connectivity index is 1.95. The lowest BCUT2D eigenvalue weighted by Crippen LogP contribution is -2.28. The number of hydrogen-bond acceptors (Lipinski definition) is 1. The van der Waals surface area contributed by atoms with Gasteiger partial charge in [0, 0.05) is 6.54 Å². The summed E-state index contributed by atoms with van der Waals surface area (Å²) in [6.07, 6.45) is 4.06. The van der Waals surface area contributed by atoms with Crippen molar-refractivity contribution in [1.82, 2.24) is 5.32 Å². The first-order chi connectivity index (χ1) is 7.90. The lowest BCUT2D eigenvalue weighted by molar-refractivity contribution is 0.461. The van der Waals surface area contributed by atoms with Gasteiger partial charge in [-0.15, -0.1) is 0 Å².